The van der Waals surface area contributed by atoms with Crippen molar-refractivity contribution in [1.82, 2.24) is 9.88 Å². The van der Waals surface area contributed by atoms with Gasteiger partial charge in [0, 0.05) is 49.2 Å². The first kappa shape index (κ1) is 16.7. The first-order valence-electron chi connectivity index (χ1n) is 7.58. The molecule has 0 aliphatic carbocycles. The van der Waals surface area contributed by atoms with Gasteiger partial charge in [0.1, 0.15) is 17.3 Å². The summed E-state index contributed by atoms with van der Waals surface area (Å²) in [5.41, 5.74) is 8.54. The molecule has 2 heterocycles. The number of piperazine rings is 1. The lowest BCUT2D eigenvalue weighted by molar-refractivity contribution is 0.0746. The Hall–Kier alpha value is -3.19. The molecule has 2 aromatic rings. The summed E-state index contributed by atoms with van der Waals surface area (Å²) < 4.78 is 28.4. The molecule has 1 aromatic carbocycles. The predicted molar refractivity (Wildman–Crippen MR) is 87.5 cm³/mol. The Morgan fingerprint density at radius 3 is 2.44 bits per heavy atom. The van der Waals surface area contributed by atoms with E-state index in [1.54, 1.807) is 23.2 Å². The molecule has 0 bridgehead atoms. The molecule has 0 saturated carbocycles. The summed E-state index contributed by atoms with van der Waals surface area (Å²) in [7, 11) is 0. The van der Waals surface area contributed by atoms with Crippen LogP contribution in [0.2, 0.25) is 0 Å². The number of hydrogen-bond donors (Lipinski definition) is 0. The fraction of sp³-hybridized carbons (Fsp3) is 0.250. The van der Waals surface area contributed by atoms with Crippen molar-refractivity contribution in [2.45, 2.75) is 0 Å². The van der Waals surface area contributed by atoms with E-state index in [1.807, 2.05) is 0 Å². The third-order valence-electron chi connectivity index (χ3n) is 3.95. The van der Waals surface area contributed by atoms with Gasteiger partial charge >= 0.3 is 0 Å². The highest BCUT2D eigenvalue weighted by molar-refractivity contribution is 5.94. The highest BCUT2D eigenvalue weighted by Crippen LogP contribution is 2.29. The maximum atomic E-state index is 14.2. The quantitative estimate of drug-likeness (QED) is 0.486. The van der Waals surface area contributed by atoms with Crippen LogP contribution in [0, 0.1) is 11.6 Å². The number of anilines is 1. The predicted octanol–water partition coefficient (Wildman–Crippen LogP) is 3.26. The zero-order valence-corrected chi connectivity index (χ0v) is 13.1. The molecule has 1 aromatic heterocycles. The van der Waals surface area contributed by atoms with Gasteiger partial charge in [0.25, 0.3) is 5.91 Å². The smallest absolute Gasteiger partial charge is 0.255 e. The van der Waals surface area contributed by atoms with Crippen molar-refractivity contribution >= 4 is 17.3 Å². The fourth-order valence-electron chi connectivity index (χ4n) is 2.77. The summed E-state index contributed by atoms with van der Waals surface area (Å²) in [5, 5.41) is 3.21. The van der Waals surface area contributed by atoms with Crippen molar-refractivity contribution < 1.29 is 13.6 Å². The number of carbonyl (C=O) groups is 1. The Bertz CT molecular complexity index is 807. The van der Waals surface area contributed by atoms with E-state index in [4.69, 9.17) is 5.53 Å². The molecule has 128 valence electrons. The molecule has 0 spiro atoms. The molecule has 7 nitrogen and oxygen atoms in total. The molecule has 1 saturated heterocycles. The van der Waals surface area contributed by atoms with Crippen LogP contribution in [0.5, 0.6) is 0 Å². The molecule has 9 heteroatoms. The van der Waals surface area contributed by atoms with Crippen LogP contribution in [-0.2, 0) is 0 Å². The van der Waals surface area contributed by atoms with E-state index < -0.39 is 11.6 Å². The van der Waals surface area contributed by atoms with Crippen molar-refractivity contribution in [2.24, 2.45) is 5.11 Å². The van der Waals surface area contributed by atoms with Crippen molar-refractivity contribution in [1.29, 1.82) is 0 Å². The lowest BCUT2D eigenvalue weighted by Gasteiger charge is -2.36. The number of aromatic nitrogens is 1. The van der Waals surface area contributed by atoms with Crippen molar-refractivity contribution in [3.8, 4) is 0 Å². The number of pyridine rings is 1. The third kappa shape index (κ3) is 3.51. The number of carbonyl (C=O) groups excluding carboxylic acids is 1. The first-order chi connectivity index (χ1) is 12.1. The Morgan fingerprint density at radius 1 is 1.20 bits per heavy atom. The van der Waals surface area contributed by atoms with Crippen LogP contribution in [0.4, 0.5) is 20.2 Å². The average molecular weight is 344 g/mol. The van der Waals surface area contributed by atoms with Crippen molar-refractivity contribution in [3.05, 3.63) is 64.3 Å². The summed E-state index contributed by atoms with van der Waals surface area (Å²) >= 11 is 0. The number of azide groups is 1. The van der Waals surface area contributed by atoms with Crippen molar-refractivity contribution in [3.63, 3.8) is 0 Å². The normalized spacial score (nSPS) is 14.2. The molecule has 0 radical (unpaired) electrons. The van der Waals surface area contributed by atoms with Crippen LogP contribution < -0.4 is 4.90 Å². The minimum absolute atomic E-state index is 0.119. The maximum Gasteiger partial charge on any atom is 0.255 e. The summed E-state index contributed by atoms with van der Waals surface area (Å²) in [6, 6.07) is 5.34. The number of rotatable bonds is 3. The zero-order valence-electron chi connectivity index (χ0n) is 13.1. The molecule has 1 amide bonds. The molecule has 1 fully saturated rings. The lowest BCUT2D eigenvalue weighted by atomic mass is 10.2. The SMILES string of the molecule is [N-]=[N+]=Nc1cc(F)c(N2CCN(C(=O)c3cccnc3)CC2)c(F)c1. The molecular formula is C16H14F2N6O. The number of halogens is 2. The summed E-state index contributed by atoms with van der Waals surface area (Å²) in [5.74, 6) is -1.75. The van der Waals surface area contributed by atoms with Crippen LogP contribution in [0.15, 0.2) is 41.8 Å². The highest BCUT2D eigenvalue weighted by atomic mass is 19.1. The van der Waals surface area contributed by atoms with Gasteiger partial charge in [0.05, 0.1) is 5.56 Å². The molecule has 0 N–H and O–H groups in total. The van der Waals surface area contributed by atoms with Crippen LogP contribution in [0.25, 0.3) is 10.4 Å². The molecule has 1 aliphatic rings. The van der Waals surface area contributed by atoms with E-state index in [9.17, 15) is 13.6 Å². The van der Waals surface area contributed by atoms with E-state index in [0.717, 1.165) is 12.1 Å². The maximum absolute atomic E-state index is 14.2. The van der Waals surface area contributed by atoms with Gasteiger partial charge in [-0.1, -0.05) is 5.11 Å². The van der Waals surface area contributed by atoms with Gasteiger partial charge in [-0.25, -0.2) is 8.78 Å². The Balaban J connectivity index is 1.72. The second-order valence-corrected chi connectivity index (χ2v) is 5.47. The molecular weight excluding hydrogens is 330 g/mol. The van der Waals surface area contributed by atoms with Gasteiger partial charge in [0.2, 0.25) is 0 Å². The van der Waals surface area contributed by atoms with Crippen LogP contribution in [0.3, 0.4) is 0 Å². The minimum Gasteiger partial charge on any atom is -0.363 e. The van der Waals surface area contributed by atoms with Gasteiger partial charge in [-0.2, -0.15) is 0 Å². The largest absolute Gasteiger partial charge is 0.363 e. The van der Waals surface area contributed by atoms with E-state index in [0.29, 0.717) is 31.7 Å². The third-order valence-corrected chi connectivity index (χ3v) is 3.95. The van der Waals surface area contributed by atoms with E-state index in [1.165, 1.54) is 11.1 Å². The van der Waals surface area contributed by atoms with Crippen LogP contribution in [0.1, 0.15) is 10.4 Å². The average Bonchev–Trinajstić information content (AvgIpc) is 2.62. The second-order valence-electron chi connectivity index (χ2n) is 5.47. The molecule has 1 aliphatic heterocycles. The van der Waals surface area contributed by atoms with Gasteiger partial charge in [0.15, 0.2) is 0 Å². The number of benzene rings is 1. The summed E-state index contributed by atoms with van der Waals surface area (Å²) in [6.45, 7) is 1.26. The molecule has 0 atom stereocenters. The zero-order chi connectivity index (χ0) is 17.8. The number of amides is 1. The minimum atomic E-state index is -0.797. The lowest BCUT2D eigenvalue weighted by Crippen LogP contribution is -2.49. The Labute approximate surface area is 142 Å². The van der Waals surface area contributed by atoms with E-state index >= 15 is 0 Å². The monoisotopic (exact) mass is 344 g/mol. The van der Waals surface area contributed by atoms with E-state index in [2.05, 4.69) is 15.0 Å². The Morgan fingerprint density at radius 2 is 1.88 bits per heavy atom. The topological polar surface area (TPSA) is 85.2 Å². The van der Waals surface area contributed by atoms with Gasteiger partial charge in [-0.15, -0.1) is 0 Å². The van der Waals surface area contributed by atoms with Gasteiger partial charge in [-0.05, 0) is 29.8 Å². The molecule has 0 unspecified atom stereocenters. The van der Waals surface area contributed by atoms with Crippen LogP contribution in [-0.4, -0.2) is 42.0 Å². The van der Waals surface area contributed by atoms with Crippen molar-refractivity contribution in [2.75, 3.05) is 31.1 Å². The summed E-state index contributed by atoms with van der Waals surface area (Å²) in [4.78, 5) is 22.0. The number of hydrogen-bond acceptors (Lipinski definition) is 4. The number of nitrogens with zero attached hydrogens (tertiary/aromatic N) is 6. The molecule has 3 rings (SSSR count). The second kappa shape index (κ2) is 7.14. The van der Waals surface area contributed by atoms with Crippen LogP contribution >= 0.6 is 0 Å². The first-order valence-corrected chi connectivity index (χ1v) is 7.58. The van der Waals surface area contributed by atoms with Gasteiger partial charge < -0.3 is 9.80 Å². The highest BCUT2D eigenvalue weighted by Gasteiger charge is 2.25. The Kier molecular flexibility index (Phi) is 4.76. The van der Waals surface area contributed by atoms with E-state index in [-0.39, 0.29) is 17.3 Å². The van der Waals surface area contributed by atoms with Gasteiger partial charge in [-0.3, -0.25) is 9.78 Å². The molecule has 25 heavy (non-hydrogen) atoms. The summed E-state index contributed by atoms with van der Waals surface area (Å²) in [6.07, 6.45) is 3.07. The standard InChI is InChI=1S/C16H14F2N6O/c17-13-8-12(21-22-19)9-14(18)15(13)23-4-6-24(7-5-23)16(25)11-2-1-3-20-10-11/h1-3,8-10H,4-7H2. The fourth-order valence-corrected chi connectivity index (χ4v) is 2.77.